The number of carbonyl (C=O) groups excluding carboxylic acids is 1. The van der Waals surface area contributed by atoms with Crippen molar-refractivity contribution in [3.05, 3.63) is 107 Å². The monoisotopic (exact) mass is 497 g/mol. The van der Waals surface area contributed by atoms with Gasteiger partial charge < -0.3 is 4.74 Å². The third kappa shape index (κ3) is 5.06. The molecule has 0 atom stereocenters. The highest BCUT2D eigenvalue weighted by Crippen LogP contribution is 2.36. The smallest absolute Gasteiger partial charge is 0.266 e. The Morgan fingerprint density at radius 1 is 1.00 bits per heavy atom. The van der Waals surface area contributed by atoms with Crippen molar-refractivity contribution in [2.45, 2.75) is 13.5 Å². The van der Waals surface area contributed by atoms with E-state index in [-0.39, 0.29) is 5.91 Å². The molecule has 1 aromatic heterocycles. The van der Waals surface area contributed by atoms with E-state index in [1.807, 2.05) is 109 Å². The molecule has 1 aliphatic heterocycles. The number of rotatable bonds is 7. The molecule has 0 bridgehead atoms. The minimum absolute atomic E-state index is 0.0923. The molecule has 1 fully saturated rings. The molecule has 2 heterocycles. The highest BCUT2D eigenvalue weighted by atomic mass is 32.2. The summed E-state index contributed by atoms with van der Waals surface area (Å²) in [5, 5.41) is 4.87. The van der Waals surface area contributed by atoms with Crippen LogP contribution in [0.5, 0.6) is 5.75 Å². The summed E-state index contributed by atoms with van der Waals surface area (Å²) in [6, 6.07) is 27.6. The van der Waals surface area contributed by atoms with Crippen molar-refractivity contribution >= 4 is 40.3 Å². The maximum absolute atomic E-state index is 13.3. The molecule has 7 heteroatoms. The van der Waals surface area contributed by atoms with Gasteiger partial charge in [-0.1, -0.05) is 84.6 Å². The van der Waals surface area contributed by atoms with Gasteiger partial charge in [0, 0.05) is 17.3 Å². The van der Waals surface area contributed by atoms with Crippen LogP contribution in [0.1, 0.15) is 18.1 Å². The number of thiocarbonyl (C=S) groups is 1. The number of hydrogen-bond donors (Lipinski definition) is 0. The van der Waals surface area contributed by atoms with Crippen molar-refractivity contribution in [2.75, 3.05) is 6.61 Å². The largest absolute Gasteiger partial charge is 0.494 e. The summed E-state index contributed by atoms with van der Waals surface area (Å²) < 4.78 is 8.09. The van der Waals surface area contributed by atoms with E-state index in [2.05, 4.69) is 0 Å². The summed E-state index contributed by atoms with van der Waals surface area (Å²) in [4.78, 5) is 15.5. The van der Waals surface area contributed by atoms with Crippen LogP contribution in [-0.2, 0) is 11.3 Å². The van der Waals surface area contributed by atoms with Gasteiger partial charge in [-0.3, -0.25) is 9.69 Å². The van der Waals surface area contributed by atoms with Crippen LogP contribution in [0.4, 0.5) is 0 Å². The third-order valence-corrected chi connectivity index (χ3v) is 6.90. The van der Waals surface area contributed by atoms with E-state index in [4.69, 9.17) is 22.1 Å². The molecule has 0 radical (unpaired) electrons. The van der Waals surface area contributed by atoms with Gasteiger partial charge >= 0.3 is 0 Å². The number of nitrogens with zero attached hydrogens (tertiary/aromatic N) is 3. The van der Waals surface area contributed by atoms with Gasteiger partial charge in [0.15, 0.2) is 0 Å². The average Bonchev–Trinajstić information content (AvgIpc) is 3.42. The van der Waals surface area contributed by atoms with Crippen LogP contribution in [0.15, 0.2) is 96.0 Å². The van der Waals surface area contributed by atoms with Gasteiger partial charge in [-0.05, 0) is 42.8 Å². The predicted molar refractivity (Wildman–Crippen MR) is 145 cm³/mol. The van der Waals surface area contributed by atoms with E-state index in [0.29, 0.717) is 22.4 Å². The molecule has 1 aliphatic rings. The summed E-state index contributed by atoms with van der Waals surface area (Å²) in [6.45, 7) is 2.99. The molecule has 3 aromatic carbocycles. The lowest BCUT2D eigenvalue weighted by atomic mass is 10.1. The summed E-state index contributed by atoms with van der Waals surface area (Å²) in [5.41, 5.74) is 4.49. The van der Waals surface area contributed by atoms with Crippen LogP contribution in [0.25, 0.3) is 23.0 Å². The lowest BCUT2D eigenvalue weighted by Gasteiger charge is -2.14. The Kier molecular flexibility index (Phi) is 6.79. The normalized spacial score (nSPS) is 14.7. The molecule has 5 rings (SSSR count). The first-order chi connectivity index (χ1) is 17.1. The number of ether oxygens (including phenoxy) is 1. The zero-order valence-corrected chi connectivity index (χ0v) is 20.8. The first-order valence-electron chi connectivity index (χ1n) is 11.3. The number of benzene rings is 3. The van der Waals surface area contributed by atoms with Gasteiger partial charge in [0.1, 0.15) is 15.8 Å². The molecule has 35 heavy (non-hydrogen) atoms. The highest BCUT2D eigenvalue weighted by Gasteiger charge is 2.32. The van der Waals surface area contributed by atoms with Gasteiger partial charge in [-0.25, -0.2) is 4.68 Å². The summed E-state index contributed by atoms with van der Waals surface area (Å²) >= 11 is 6.88. The molecule has 1 saturated heterocycles. The van der Waals surface area contributed by atoms with E-state index >= 15 is 0 Å². The molecule has 174 valence electrons. The second-order valence-electron chi connectivity index (χ2n) is 7.93. The molecule has 0 N–H and O–H groups in total. The Labute approximate surface area is 214 Å². The Morgan fingerprint density at radius 2 is 1.74 bits per heavy atom. The van der Waals surface area contributed by atoms with Crippen molar-refractivity contribution < 1.29 is 9.53 Å². The van der Waals surface area contributed by atoms with Crippen LogP contribution in [0, 0.1) is 0 Å². The molecule has 4 aromatic rings. The molecular formula is C28H23N3O2S2. The number of para-hydroxylation sites is 1. The van der Waals surface area contributed by atoms with E-state index < -0.39 is 0 Å². The minimum atomic E-state index is -0.0923. The molecule has 0 aliphatic carbocycles. The number of thioether (sulfide) groups is 1. The average molecular weight is 498 g/mol. The molecule has 0 spiro atoms. The summed E-state index contributed by atoms with van der Waals surface area (Å²) in [6.07, 6.45) is 3.83. The maximum atomic E-state index is 13.3. The quantitative estimate of drug-likeness (QED) is 0.220. The van der Waals surface area contributed by atoms with E-state index in [0.717, 1.165) is 33.8 Å². The third-order valence-electron chi connectivity index (χ3n) is 5.53. The van der Waals surface area contributed by atoms with Gasteiger partial charge in [0.05, 0.1) is 23.7 Å². The molecule has 0 unspecified atom stereocenters. The first-order valence-corrected chi connectivity index (χ1v) is 12.5. The molecule has 0 saturated carbocycles. The lowest BCUT2D eigenvalue weighted by molar-refractivity contribution is -0.122. The topological polar surface area (TPSA) is 47.4 Å². The zero-order chi connectivity index (χ0) is 24.2. The summed E-state index contributed by atoms with van der Waals surface area (Å²) in [7, 11) is 0. The van der Waals surface area contributed by atoms with Crippen LogP contribution in [-0.4, -0.2) is 31.5 Å². The van der Waals surface area contributed by atoms with Crippen LogP contribution in [0.3, 0.4) is 0 Å². The van der Waals surface area contributed by atoms with Gasteiger partial charge in [-0.15, -0.1) is 0 Å². The Bertz CT molecular complexity index is 1400. The number of hydrogen-bond acceptors (Lipinski definition) is 5. The van der Waals surface area contributed by atoms with Gasteiger partial charge in [0.2, 0.25) is 0 Å². The first kappa shape index (κ1) is 23.1. The second-order valence-corrected chi connectivity index (χ2v) is 9.60. The Morgan fingerprint density at radius 3 is 2.49 bits per heavy atom. The van der Waals surface area contributed by atoms with Crippen molar-refractivity contribution in [2.24, 2.45) is 0 Å². The zero-order valence-electron chi connectivity index (χ0n) is 19.1. The standard InChI is InChI=1S/C28H23N3O2S2/c1-2-33-24-15-9-12-21(16-24)26-22(19-31(29-26)23-13-7-4-8-14-23)17-25-27(32)30(28(34)35-25)18-20-10-5-3-6-11-20/h3-17,19H,2,18H2,1H3/b25-17-. The fourth-order valence-corrected chi connectivity index (χ4v) is 5.12. The number of amides is 1. The Balaban J connectivity index is 1.53. The van der Waals surface area contributed by atoms with Crippen LogP contribution < -0.4 is 4.74 Å². The van der Waals surface area contributed by atoms with Gasteiger partial charge in [0.25, 0.3) is 5.91 Å². The highest BCUT2D eigenvalue weighted by molar-refractivity contribution is 8.26. The second kappa shape index (κ2) is 10.3. The van der Waals surface area contributed by atoms with E-state index in [1.54, 1.807) is 4.90 Å². The molecule has 1 amide bonds. The van der Waals surface area contributed by atoms with Crippen LogP contribution in [0.2, 0.25) is 0 Å². The lowest BCUT2D eigenvalue weighted by Crippen LogP contribution is -2.27. The number of carbonyl (C=O) groups is 1. The van der Waals surface area contributed by atoms with Crippen molar-refractivity contribution in [3.63, 3.8) is 0 Å². The minimum Gasteiger partial charge on any atom is -0.494 e. The fraction of sp³-hybridized carbons (Fsp3) is 0.107. The maximum Gasteiger partial charge on any atom is 0.266 e. The van der Waals surface area contributed by atoms with Crippen molar-refractivity contribution in [1.29, 1.82) is 0 Å². The number of aromatic nitrogens is 2. The molecule has 5 nitrogen and oxygen atoms in total. The molecular weight excluding hydrogens is 474 g/mol. The predicted octanol–water partition coefficient (Wildman–Crippen LogP) is 6.34. The van der Waals surface area contributed by atoms with Crippen LogP contribution >= 0.6 is 24.0 Å². The van der Waals surface area contributed by atoms with Crippen molar-refractivity contribution in [1.82, 2.24) is 14.7 Å². The van der Waals surface area contributed by atoms with E-state index in [1.165, 1.54) is 11.8 Å². The SMILES string of the molecule is CCOc1cccc(-c2nn(-c3ccccc3)cc2/C=C2\SC(=S)N(Cc3ccccc3)C2=O)c1. The van der Waals surface area contributed by atoms with E-state index in [9.17, 15) is 4.79 Å². The Hall–Kier alpha value is -3.68. The van der Waals surface area contributed by atoms with Crippen molar-refractivity contribution in [3.8, 4) is 22.7 Å². The summed E-state index contributed by atoms with van der Waals surface area (Å²) in [5.74, 6) is 0.685. The van der Waals surface area contributed by atoms with Gasteiger partial charge in [-0.2, -0.15) is 5.10 Å². The fourth-order valence-electron chi connectivity index (χ4n) is 3.87.